The lowest BCUT2D eigenvalue weighted by Crippen LogP contribution is -2.14. The lowest BCUT2D eigenvalue weighted by Gasteiger charge is -2.06. The first-order valence-corrected chi connectivity index (χ1v) is 9.17. The fraction of sp³-hybridized carbons (Fsp3) is 0. The van der Waals surface area contributed by atoms with Gasteiger partial charge in [-0.05, 0) is 42.5 Å². The first kappa shape index (κ1) is 16.9. The molecule has 0 aliphatic heterocycles. The van der Waals surface area contributed by atoms with Crippen molar-refractivity contribution in [1.82, 2.24) is 9.38 Å². The Morgan fingerprint density at radius 2 is 1.92 bits per heavy atom. The molecule has 4 aromatic rings. The van der Waals surface area contributed by atoms with Crippen LogP contribution < -0.4 is 5.32 Å². The molecule has 0 unspecified atom stereocenters. The molecule has 130 valence electrons. The van der Waals surface area contributed by atoms with E-state index in [0.29, 0.717) is 20.8 Å². The number of hydrogen-bond donors (Lipinski definition) is 1. The number of hydrogen-bond acceptors (Lipinski definition) is 3. The number of thiazole rings is 1. The van der Waals surface area contributed by atoms with Gasteiger partial charge in [0.05, 0.1) is 11.4 Å². The first-order valence-electron chi connectivity index (χ1n) is 7.50. The van der Waals surface area contributed by atoms with Crippen molar-refractivity contribution in [3.63, 3.8) is 0 Å². The molecule has 2 aromatic carbocycles. The molecule has 0 saturated carbocycles. The lowest BCUT2D eigenvalue weighted by molar-refractivity contribution is 0.102. The van der Waals surface area contributed by atoms with Crippen molar-refractivity contribution >= 4 is 43.8 Å². The van der Waals surface area contributed by atoms with Crippen molar-refractivity contribution in [2.45, 2.75) is 0 Å². The summed E-state index contributed by atoms with van der Waals surface area (Å²) in [6, 6.07) is 10.4. The van der Waals surface area contributed by atoms with Crippen LogP contribution in [0, 0.1) is 11.6 Å². The summed E-state index contributed by atoms with van der Waals surface area (Å²) >= 11 is 4.47. The molecule has 1 amide bonds. The van der Waals surface area contributed by atoms with Crippen LogP contribution >= 0.6 is 27.3 Å². The number of benzene rings is 2. The van der Waals surface area contributed by atoms with Gasteiger partial charge in [-0.2, -0.15) is 0 Å². The third-order valence-corrected chi connectivity index (χ3v) is 5.09. The molecule has 4 nitrogen and oxygen atoms in total. The Labute approximate surface area is 159 Å². The number of carbonyl (C=O) groups excluding carboxylic acids is 1. The van der Waals surface area contributed by atoms with Gasteiger partial charge in [0.25, 0.3) is 5.91 Å². The quantitative estimate of drug-likeness (QED) is 0.472. The van der Waals surface area contributed by atoms with Crippen molar-refractivity contribution in [3.8, 4) is 11.3 Å². The number of imidazole rings is 1. The maximum atomic E-state index is 13.9. The van der Waals surface area contributed by atoms with E-state index in [1.54, 1.807) is 34.2 Å². The van der Waals surface area contributed by atoms with Gasteiger partial charge < -0.3 is 5.32 Å². The number of rotatable bonds is 3. The highest BCUT2D eigenvalue weighted by molar-refractivity contribution is 9.10. The van der Waals surface area contributed by atoms with E-state index < -0.39 is 11.7 Å². The molecule has 4 rings (SSSR count). The fourth-order valence-corrected chi connectivity index (χ4v) is 3.67. The Bertz CT molecular complexity index is 1120. The second kappa shape index (κ2) is 6.62. The van der Waals surface area contributed by atoms with E-state index in [1.807, 2.05) is 0 Å². The maximum Gasteiger partial charge on any atom is 0.273 e. The maximum absolute atomic E-state index is 13.9. The number of halogens is 3. The van der Waals surface area contributed by atoms with E-state index in [2.05, 4.69) is 26.2 Å². The summed E-state index contributed by atoms with van der Waals surface area (Å²) in [6.07, 6.45) is 1.70. The normalized spacial score (nSPS) is 11.0. The van der Waals surface area contributed by atoms with Gasteiger partial charge in [0.2, 0.25) is 0 Å². The number of amides is 1. The number of fused-ring (bicyclic) bond motifs is 1. The minimum absolute atomic E-state index is 0.0939. The summed E-state index contributed by atoms with van der Waals surface area (Å²) in [5.74, 6) is -1.30. The summed E-state index contributed by atoms with van der Waals surface area (Å²) in [4.78, 5) is 17.6. The second-order valence-corrected chi connectivity index (χ2v) is 7.24. The second-order valence-electron chi connectivity index (χ2n) is 5.48. The Morgan fingerprint density at radius 1 is 1.15 bits per heavy atom. The van der Waals surface area contributed by atoms with Crippen LogP contribution in [-0.2, 0) is 0 Å². The minimum atomic E-state index is -0.531. The molecule has 26 heavy (non-hydrogen) atoms. The number of aromatic nitrogens is 2. The van der Waals surface area contributed by atoms with Crippen LogP contribution in [0.2, 0.25) is 0 Å². The zero-order valence-corrected chi connectivity index (χ0v) is 15.4. The number of carbonyl (C=O) groups is 1. The lowest BCUT2D eigenvalue weighted by atomic mass is 10.2. The van der Waals surface area contributed by atoms with Gasteiger partial charge >= 0.3 is 0 Å². The average Bonchev–Trinajstić information content (AvgIpc) is 3.18. The van der Waals surface area contributed by atoms with Crippen LogP contribution in [0.25, 0.3) is 16.2 Å². The SMILES string of the molecule is O=C(Nc1ccc(Br)cc1F)c1csc2nc(-c3ccc(F)cc3)cn12. The molecule has 0 aliphatic carbocycles. The number of anilines is 1. The van der Waals surface area contributed by atoms with Crippen molar-refractivity contribution in [1.29, 1.82) is 0 Å². The smallest absolute Gasteiger partial charge is 0.273 e. The standard InChI is InChI=1S/C18H10BrF2N3OS/c19-11-3-6-14(13(21)7-11)22-17(25)16-9-26-18-23-15(8-24(16)18)10-1-4-12(20)5-2-10/h1-9H,(H,22,25). The van der Waals surface area contributed by atoms with Crippen LogP contribution in [0.1, 0.15) is 10.5 Å². The van der Waals surface area contributed by atoms with Crippen molar-refractivity contribution in [2.75, 3.05) is 5.32 Å². The minimum Gasteiger partial charge on any atom is -0.318 e. The molecule has 2 aromatic heterocycles. The summed E-state index contributed by atoms with van der Waals surface area (Å²) in [5.41, 5.74) is 1.80. The molecule has 0 atom stereocenters. The van der Waals surface area contributed by atoms with E-state index in [0.717, 1.165) is 5.56 Å². The van der Waals surface area contributed by atoms with Crippen LogP contribution in [0.4, 0.5) is 14.5 Å². The number of nitrogens with one attached hydrogen (secondary N) is 1. The van der Waals surface area contributed by atoms with E-state index in [-0.39, 0.29) is 11.5 Å². The monoisotopic (exact) mass is 433 g/mol. The molecule has 1 N–H and O–H groups in total. The average molecular weight is 434 g/mol. The van der Waals surface area contributed by atoms with E-state index >= 15 is 0 Å². The van der Waals surface area contributed by atoms with Gasteiger partial charge in [0.15, 0.2) is 4.96 Å². The highest BCUT2D eigenvalue weighted by atomic mass is 79.9. The highest BCUT2D eigenvalue weighted by Gasteiger charge is 2.16. The van der Waals surface area contributed by atoms with E-state index in [9.17, 15) is 13.6 Å². The van der Waals surface area contributed by atoms with Gasteiger partial charge in [-0.3, -0.25) is 9.20 Å². The van der Waals surface area contributed by atoms with Crippen molar-refractivity contribution in [2.24, 2.45) is 0 Å². The zero-order valence-electron chi connectivity index (χ0n) is 13.0. The van der Waals surface area contributed by atoms with Crippen LogP contribution in [-0.4, -0.2) is 15.3 Å². The van der Waals surface area contributed by atoms with Crippen LogP contribution in [0.5, 0.6) is 0 Å². The molecule has 0 aliphatic rings. The van der Waals surface area contributed by atoms with Crippen molar-refractivity contribution < 1.29 is 13.6 Å². The molecule has 0 radical (unpaired) electrons. The third kappa shape index (κ3) is 3.13. The largest absolute Gasteiger partial charge is 0.318 e. The predicted octanol–water partition coefficient (Wildman–Crippen LogP) is 5.36. The molecular weight excluding hydrogens is 424 g/mol. The molecule has 0 spiro atoms. The summed E-state index contributed by atoms with van der Waals surface area (Å²) in [7, 11) is 0. The van der Waals surface area contributed by atoms with Crippen LogP contribution in [0.15, 0.2) is 58.5 Å². The topological polar surface area (TPSA) is 46.4 Å². The summed E-state index contributed by atoms with van der Waals surface area (Å²) < 4.78 is 29.2. The van der Waals surface area contributed by atoms with Gasteiger partial charge in [-0.25, -0.2) is 13.8 Å². The molecule has 2 heterocycles. The van der Waals surface area contributed by atoms with E-state index in [1.165, 1.54) is 35.6 Å². The predicted molar refractivity (Wildman–Crippen MR) is 101 cm³/mol. The summed E-state index contributed by atoms with van der Waals surface area (Å²) in [6.45, 7) is 0. The molecular formula is C18H10BrF2N3OS. The molecule has 0 saturated heterocycles. The van der Waals surface area contributed by atoms with Gasteiger partial charge in [-0.15, -0.1) is 11.3 Å². The van der Waals surface area contributed by atoms with Gasteiger partial charge in [0.1, 0.15) is 17.3 Å². The molecule has 0 fully saturated rings. The fourth-order valence-electron chi connectivity index (χ4n) is 2.48. The third-order valence-electron chi connectivity index (χ3n) is 3.76. The molecule has 0 bridgehead atoms. The Morgan fingerprint density at radius 3 is 2.65 bits per heavy atom. The Kier molecular flexibility index (Phi) is 4.29. The molecule has 8 heteroatoms. The first-order chi connectivity index (χ1) is 12.5. The van der Waals surface area contributed by atoms with E-state index in [4.69, 9.17) is 0 Å². The zero-order chi connectivity index (χ0) is 18.3. The Balaban J connectivity index is 1.66. The number of nitrogens with zero attached hydrogens (tertiary/aromatic N) is 2. The van der Waals surface area contributed by atoms with Crippen molar-refractivity contribution in [3.05, 3.63) is 75.8 Å². The van der Waals surface area contributed by atoms with Crippen LogP contribution in [0.3, 0.4) is 0 Å². The van der Waals surface area contributed by atoms with Gasteiger partial charge in [0, 0.05) is 21.6 Å². The highest BCUT2D eigenvalue weighted by Crippen LogP contribution is 2.25. The summed E-state index contributed by atoms with van der Waals surface area (Å²) in [5, 5.41) is 4.22. The van der Waals surface area contributed by atoms with Gasteiger partial charge in [-0.1, -0.05) is 15.9 Å². The Hall–Kier alpha value is -2.58.